The summed E-state index contributed by atoms with van der Waals surface area (Å²) in [6.45, 7) is 5.36. The van der Waals surface area contributed by atoms with Gasteiger partial charge in [-0.2, -0.15) is 0 Å². The number of H-pyrrole nitrogens is 1. The smallest absolute Gasteiger partial charge is 0.123 e. The quantitative estimate of drug-likeness (QED) is 0.877. The molecule has 1 N–H and O–H groups in total. The zero-order valence-corrected chi connectivity index (χ0v) is 10.6. The Hall–Kier alpha value is -1.39. The molecule has 1 aliphatic rings. The van der Waals surface area contributed by atoms with Crippen LogP contribution in [-0.4, -0.2) is 48.0 Å². The van der Waals surface area contributed by atoms with E-state index in [-0.39, 0.29) is 5.82 Å². The monoisotopic (exact) mass is 247 g/mol. The first-order valence-electron chi connectivity index (χ1n) is 6.39. The average molecular weight is 247 g/mol. The third-order valence-electron chi connectivity index (χ3n) is 3.63. The molecule has 0 unspecified atom stereocenters. The SMILES string of the molecule is CN1CCN(Cc2cc3cc(F)ccc3[nH]2)CC1. The predicted molar refractivity (Wildman–Crippen MR) is 71.0 cm³/mol. The van der Waals surface area contributed by atoms with Gasteiger partial charge in [0.25, 0.3) is 0 Å². The van der Waals surface area contributed by atoms with Crippen molar-refractivity contribution in [3.05, 3.63) is 35.8 Å². The standard InChI is InChI=1S/C14H18FN3/c1-17-4-6-18(7-5-17)10-13-9-11-8-12(15)2-3-14(11)16-13/h2-3,8-9,16H,4-7,10H2,1H3. The summed E-state index contributed by atoms with van der Waals surface area (Å²) in [5, 5.41) is 0.958. The zero-order valence-electron chi connectivity index (χ0n) is 10.6. The number of piperazine rings is 1. The summed E-state index contributed by atoms with van der Waals surface area (Å²) in [7, 11) is 2.16. The fraction of sp³-hybridized carbons (Fsp3) is 0.429. The molecule has 1 saturated heterocycles. The van der Waals surface area contributed by atoms with Crippen LogP contribution < -0.4 is 0 Å². The van der Waals surface area contributed by atoms with E-state index < -0.39 is 0 Å². The fourth-order valence-electron chi connectivity index (χ4n) is 2.50. The highest BCUT2D eigenvalue weighted by molar-refractivity contribution is 5.80. The molecule has 18 heavy (non-hydrogen) atoms. The van der Waals surface area contributed by atoms with Gasteiger partial charge in [0, 0.05) is 49.3 Å². The number of fused-ring (bicyclic) bond motifs is 1. The Morgan fingerprint density at radius 3 is 2.72 bits per heavy atom. The Labute approximate surface area is 106 Å². The number of nitrogens with one attached hydrogen (secondary N) is 1. The van der Waals surface area contributed by atoms with Gasteiger partial charge in [-0.15, -0.1) is 0 Å². The van der Waals surface area contributed by atoms with E-state index in [0.717, 1.165) is 43.6 Å². The van der Waals surface area contributed by atoms with Crippen LogP contribution >= 0.6 is 0 Å². The second-order valence-corrected chi connectivity index (χ2v) is 5.11. The van der Waals surface area contributed by atoms with Gasteiger partial charge in [-0.05, 0) is 31.3 Å². The summed E-state index contributed by atoms with van der Waals surface area (Å²) in [6, 6.07) is 6.94. The summed E-state index contributed by atoms with van der Waals surface area (Å²) in [4.78, 5) is 8.14. The number of hydrogen-bond acceptors (Lipinski definition) is 2. The number of aromatic amines is 1. The van der Waals surface area contributed by atoms with Crippen molar-refractivity contribution in [2.75, 3.05) is 33.2 Å². The van der Waals surface area contributed by atoms with E-state index in [1.165, 1.54) is 11.8 Å². The minimum Gasteiger partial charge on any atom is -0.357 e. The fourth-order valence-corrected chi connectivity index (χ4v) is 2.50. The first-order valence-corrected chi connectivity index (χ1v) is 6.39. The molecule has 1 aromatic heterocycles. The van der Waals surface area contributed by atoms with Crippen LogP contribution in [0.15, 0.2) is 24.3 Å². The number of hydrogen-bond donors (Lipinski definition) is 1. The van der Waals surface area contributed by atoms with Crippen LogP contribution in [0.1, 0.15) is 5.69 Å². The van der Waals surface area contributed by atoms with Crippen LogP contribution in [0.2, 0.25) is 0 Å². The lowest BCUT2D eigenvalue weighted by Gasteiger charge is -2.31. The third kappa shape index (κ3) is 2.40. The lowest BCUT2D eigenvalue weighted by molar-refractivity contribution is 0.147. The van der Waals surface area contributed by atoms with Crippen molar-refractivity contribution in [2.24, 2.45) is 0 Å². The second-order valence-electron chi connectivity index (χ2n) is 5.11. The lowest BCUT2D eigenvalue weighted by atomic mass is 10.2. The highest BCUT2D eigenvalue weighted by Gasteiger charge is 2.14. The first kappa shape index (κ1) is 11.7. The molecule has 2 aromatic rings. The minimum absolute atomic E-state index is 0.173. The highest BCUT2D eigenvalue weighted by atomic mass is 19.1. The molecule has 0 bridgehead atoms. The molecular weight excluding hydrogens is 229 g/mol. The van der Waals surface area contributed by atoms with Crippen LogP contribution in [0.5, 0.6) is 0 Å². The molecule has 3 nitrogen and oxygen atoms in total. The number of benzene rings is 1. The van der Waals surface area contributed by atoms with E-state index in [1.807, 2.05) is 0 Å². The summed E-state index contributed by atoms with van der Waals surface area (Å²) in [5.41, 5.74) is 2.18. The summed E-state index contributed by atoms with van der Waals surface area (Å²) in [5.74, 6) is -0.173. The molecule has 1 aromatic carbocycles. The Balaban J connectivity index is 1.74. The van der Waals surface area contributed by atoms with Crippen LogP contribution in [0.4, 0.5) is 4.39 Å². The highest BCUT2D eigenvalue weighted by Crippen LogP contribution is 2.18. The topological polar surface area (TPSA) is 22.3 Å². The van der Waals surface area contributed by atoms with E-state index in [9.17, 15) is 4.39 Å². The maximum absolute atomic E-state index is 13.1. The second kappa shape index (κ2) is 4.71. The normalized spacial score (nSPS) is 18.6. The third-order valence-corrected chi connectivity index (χ3v) is 3.63. The molecular formula is C14H18FN3. The van der Waals surface area contributed by atoms with E-state index in [4.69, 9.17) is 0 Å². The van der Waals surface area contributed by atoms with Crippen LogP contribution in [0, 0.1) is 5.82 Å². The molecule has 1 fully saturated rings. The van der Waals surface area contributed by atoms with Gasteiger partial charge in [0.15, 0.2) is 0 Å². The van der Waals surface area contributed by atoms with E-state index in [2.05, 4.69) is 27.9 Å². The van der Waals surface area contributed by atoms with Crippen molar-refractivity contribution in [3.63, 3.8) is 0 Å². The van der Waals surface area contributed by atoms with Gasteiger partial charge >= 0.3 is 0 Å². The van der Waals surface area contributed by atoms with Crippen molar-refractivity contribution in [3.8, 4) is 0 Å². The molecule has 3 rings (SSSR count). The molecule has 0 aliphatic carbocycles. The van der Waals surface area contributed by atoms with Gasteiger partial charge < -0.3 is 9.88 Å². The molecule has 4 heteroatoms. The lowest BCUT2D eigenvalue weighted by Crippen LogP contribution is -2.43. The van der Waals surface area contributed by atoms with Crippen molar-refractivity contribution < 1.29 is 4.39 Å². The molecule has 1 aliphatic heterocycles. The first-order chi connectivity index (χ1) is 8.70. The van der Waals surface area contributed by atoms with E-state index in [1.54, 1.807) is 12.1 Å². The predicted octanol–water partition coefficient (Wildman–Crippen LogP) is 2.05. The largest absolute Gasteiger partial charge is 0.357 e. The van der Waals surface area contributed by atoms with Crippen LogP contribution in [0.25, 0.3) is 10.9 Å². The number of halogens is 1. The van der Waals surface area contributed by atoms with Gasteiger partial charge in [0.1, 0.15) is 5.82 Å². The summed E-state index contributed by atoms with van der Waals surface area (Å²) >= 11 is 0. The Morgan fingerprint density at radius 1 is 1.17 bits per heavy atom. The Morgan fingerprint density at radius 2 is 1.94 bits per heavy atom. The van der Waals surface area contributed by atoms with Crippen molar-refractivity contribution in [1.82, 2.24) is 14.8 Å². The van der Waals surface area contributed by atoms with Crippen molar-refractivity contribution in [2.45, 2.75) is 6.54 Å². The summed E-state index contributed by atoms with van der Waals surface area (Å²) < 4.78 is 13.1. The van der Waals surface area contributed by atoms with Gasteiger partial charge in [-0.25, -0.2) is 4.39 Å². The molecule has 0 atom stereocenters. The van der Waals surface area contributed by atoms with Crippen LogP contribution in [0.3, 0.4) is 0 Å². The molecule has 0 radical (unpaired) electrons. The average Bonchev–Trinajstić information content (AvgIpc) is 2.73. The number of rotatable bonds is 2. The number of nitrogens with zero attached hydrogens (tertiary/aromatic N) is 2. The van der Waals surface area contributed by atoms with Crippen molar-refractivity contribution in [1.29, 1.82) is 0 Å². The van der Waals surface area contributed by atoms with E-state index in [0.29, 0.717) is 0 Å². The number of likely N-dealkylation sites (N-methyl/N-ethyl adjacent to an activating group) is 1. The zero-order chi connectivity index (χ0) is 12.5. The molecule has 0 spiro atoms. The number of aromatic nitrogens is 1. The van der Waals surface area contributed by atoms with E-state index >= 15 is 0 Å². The maximum Gasteiger partial charge on any atom is 0.123 e. The minimum atomic E-state index is -0.173. The Kier molecular flexibility index (Phi) is 3.06. The van der Waals surface area contributed by atoms with Crippen molar-refractivity contribution >= 4 is 10.9 Å². The molecule has 0 amide bonds. The van der Waals surface area contributed by atoms with Crippen LogP contribution in [-0.2, 0) is 6.54 Å². The molecule has 96 valence electrons. The van der Waals surface area contributed by atoms with Gasteiger partial charge in [0.2, 0.25) is 0 Å². The van der Waals surface area contributed by atoms with Gasteiger partial charge in [-0.3, -0.25) is 4.90 Å². The maximum atomic E-state index is 13.1. The summed E-state index contributed by atoms with van der Waals surface area (Å²) in [6.07, 6.45) is 0. The Bertz CT molecular complexity index is 541. The van der Waals surface area contributed by atoms with Gasteiger partial charge in [-0.1, -0.05) is 0 Å². The van der Waals surface area contributed by atoms with Gasteiger partial charge in [0.05, 0.1) is 0 Å². The molecule has 2 heterocycles. The molecule has 0 saturated carbocycles.